The number of hydrogen-bond acceptors (Lipinski definition) is 3. The van der Waals surface area contributed by atoms with Gasteiger partial charge in [-0.15, -0.1) is 19.0 Å². The molecule has 4 heteroatoms. The third kappa shape index (κ3) is 3.61. The van der Waals surface area contributed by atoms with Crippen LogP contribution in [-0.2, 0) is 9.47 Å². The van der Waals surface area contributed by atoms with Crippen LogP contribution in [0.4, 0.5) is 0 Å². The molecule has 2 saturated heterocycles. The number of nitrogens with one attached hydrogen (secondary N) is 1. The Morgan fingerprint density at radius 1 is 0.971 bits per heavy atom. The standard InChI is InChI=1S/C30H49NO2.ClH/c1-6-15-32-22-10-12-28(4)21(16-22)7-8-23-24(28)11-13-29(5)25(23)17-26-27(29)20(3)30(33-26)14-9-19(2)18-31-30;/h6,19-27,31H,1,7-18H2,2-5H3;1H/t19-,20-,21-,22-,23+,24-,25-,26-,27-,28-,29-,30-;/m0./s1. The van der Waals surface area contributed by atoms with Crippen molar-refractivity contribution in [3.63, 3.8) is 0 Å². The van der Waals surface area contributed by atoms with E-state index >= 15 is 0 Å². The first-order chi connectivity index (χ1) is 15.8. The fourth-order valence-corrected chi connectivity index (χ4v) is 10.8. The molecule has 0 bridgehead atoms. The largest absolute Gasteiger partial charge is 0.374 e. The summed E-state index contributed by atoms with van der Waals surface area (Å²) in [4.78, 5) is 0. The lowest BCUT2D eigenvalue weighted by molar-refractivity contribution is -0.144. The normalized spacial score (nSPS) is 56.1. The van der Waals surface area contributed by atoms with Crippen molar-refractivity contribution in [1.29, 1.82) is 0 Å². The fraction of sp³-hybridized carbons (Fsp3) is 0.933. The summed E-state index contributed by atoms with van der Waals surface area (Å²) in [7, 11) is 0. The Labute approximate surface area is 215 Å². The molecule has 2 aliphatic heterocycles. The van der Waals surface area contributed by atoms with Gasteiger partial charge in [-0.05, 0) is 111 Å². The Morgan fingerprint density at radius 2 is 1.76 bits per heavy atom. The molecule has 0 unspecified atom stereocenters. The highest BCUT2D eigenvalue weighted by Crippen LogP contribution is 2.71. The molecule has 194 valence electrons. The maximum absolute atomic E-state index is 7.06. The van der Waals surface area contributed by atoms with E-state index in [1.165, 1.54) is 64.2 Å². The molecule has 34 heavy (non-hydrogen) atoms. The van der Waals surface area contributed by atoms with Crippen LogP contribution < -0.4 is 5.32 Å². The van der Waals surface area contributed by atoms with Crippen LogP contribution in [0.3, 0.4) is 0 Å². The molecule has 6 fully saturated rings. The number of halogens is 1. The van der Waals surface area contributed by atoms with Gasteiger partial charge in [0.1, 0.15) is 5.72 Å². The van der Waals surface area contributed by atoms with E-state index in [4.69, 9.17) is 9.47 Å². The third-order valence-corrected chi connectivity index (χ3v) is 12.5. The molecule has 0 amide bonds. The average molecular weight is 492 g/mol. The molecule has 0 radical (unpaired) electrons. The summed E-state index contributed by atoms with van der Waals surface area (Å²) in [5.41, 5.74) is 0.984. The van der Waals surface area contributed by atoms with E-state index in [-0.39, 0.29) is 18.1 Å². The van der Waals surface area contributed by atoms with Gasteiger partial charge < -0.3 is 9.47 Å². The van der Waals surface area contributed by atoms with Gasteiger partial charge in [-0.25, -0.2) is 0 Å². The number of piperidine rings is 1. The summed E-state index contributed by atoms with van der Waals surface area (Å²) in [6, 6.07) is 0. The quantitative estimate of drug-likeness (QED) is 0.431. The van der Waals surface area contributed by atoms with Crippen LogP contribution in [0, 0.1) is 52.3 Å². The van der Waals surface area contributed by atoms with E-state index in [2.05, 4.69) is 39.6 Å². The molecule has 0 aromatic heterocycles. The maximum Gasteiger partial charge on any atom is 0.122 e. The van der Waals surface area contributed by atoms with Gasteiger partial charge in [0.15, 0.2) is 0 Å². The van der Waals surface area contributed by atoms with Crippen LogP contribution in [0.2, 0.25) is 0 Å². The first-order valence-corrected chi connectivity index (χ1v) is 14.5. The van der Waals surface area contributed by atoms with Crippen LogP contribution in [0.15, 0.2) is 12.7 Å². The minimum atomic E-state index is -0.0276. The van der Waals surface area contributed by atoms with Gasteiger partial charge in [0.25, 0.3) is 0 Å². The lowest BCUT2D eigenvalue weighted by Crippen LogP contribution is -2.57. The lowest BCUT2D eigenvalue weighted by Gasteiger charge is -2.61. The van der Waals surface area contributed by atoms with Crippen LogP contribution in [0.1, 0.15) is 91.9 Å². The Hall–Kier alpha value is -0.0900. The molecule has 1 spiro atoms. The van der Waals surface area contributed by atoms with E-state index in [9.17, 15) is 0 Å². The maximum atomic E-state index is 7.06. The van der Waals surface area contributed by atoms with Gasteiger partial charge in [-0.2, -0.15) is 0 Å². The first-order valence-electron chi connectivity index (χ1n) is 14.5. The van der Waals surface area contributed by atoms with Crippen molar-refractivity contribution in [3.8, 4) is 0 Å². The van der Waals surface area contributed by atoms with Gasteiger partial charge in [0.05, 0.1) is 18.8 Å². The molecule has 1 N–H and O–H groups in total. The van der Waals surface area contributed by atoms with Crippen molar-refractivity contribution in [3.05, 3.63) is 12.7 Å². The van der Waals surface area contributed by atoms with Crippen LogP contribution >= 0.6 is 12.4 Å². The van der Waals surface area contributed by atoms with E-state index in [0.29, 0.717) is 29.0 Å². The SMILES string of the molecule is C=CCO[C@H]1CC[C@@]2(C)[C@@H](CC[C@@H]3[C@@H]2CC[C@]2(C)[C@@H]4[C@H](C[C@@H]32)O[C@@]2(CC[C@H](C)CN2)[C@H]4C)C1.Cl. The summed E-state index contributed by atoms with van der Waals surface area (Å²) in [6.07, 6.45) is 16.4. The summed E-state index contributed by atoms with van der Waals surface area (Å²) in [5.74, 6) is 5.77. The summed E-state index contributed by atoms with van der Waals surface area (Å²) < 4.78 is 13.2. The second-order valence-electron chi connectivity index (χ2n) is 13.8. The number of fused-ring (bicyclic) bond motifs is 7. The third-order valence-electron chi connectivity index (χ3n) is 12.5. The Kier molecular flexibility index (Phi) is 6.79. The Morgan fingerprint density at radius 3 is 2.50 bits per heavy atom. The molecule has 3 nitrogen and oxygen atoms in total. The number of rotatable bonds is 3. The molecular formula is C30H50ClNO2. The highest BCUT2D eigenvalue weighted by Gasteiger charge is 2.68. The highest BCUT2D eigenvalue weighted by molar-refractivity contribution is 5.85. The van der Waals surface area contributed by atoms with Gasteiger partial charge in [0, 0.05) is 12.5 Å². The minimum Gasteiger partial charge on any atom is -0.374 e. The second kappa shape index (κ2) is 9.03. The molecule has 4 saturated carbocycles. The molecule has 12 atom stereocenters. The predicted molar refractivity (Wildman–Crippen MR) is 141 cm³/mol. The monoisotopic (exact) mass is 491 g/mol. The zero-order valence-electron chi connectivity index (χ0n) is 22.2. The number of ether oxygens (including phenoxy) is 2. The van der Waals surface area contributed by atoms with Gasteiger partial charge in [-0.3, -0.25) is 5.32 Å². The highest BCUT2D eigenvalue weighted by atomic mass is 35.5. The van der Waals surface area contributed by atoms with Gasteiger partial charge >= 0.3 is 0 Å². The van der Waals surface area contributed by atoms with Crippen LogP contribution in [0.5, 0.6) is 0 Å². The average Bonchev–Trinajstić information content (AvgIpc) is 3.24. The van der Waals surface area contributed by atoms with E-state index < -0.39 is 0 Å². The van der Waals surface area contributed by atoms with E-state index in [1.807, 2.05) is 6.08 Å². The summed E-state index contributed by atoms with van der Waals surface area (Å²) >= 11 is 0. The van der Waals surface area contributed by atoms with Crippen molar-refractivity contribution >= 4 is 12.4 Å². The molecule has 0 aromatic rings. The molecule has 6 aliphatic rings. The van der Waals surface area contributed by atoms with Crippen LogP contribution in [0.25, 0.3) is 0 Å². The Balaban J connectivity index is 0.00000241. The minimum absolute atomic E-state index is 0. The number of hydrogen-bond donors (Lipinski definition) is 1. The molecule has 4 aliphatic carbocycles. The fourth-order valence-electron chi connectivity index (χ4n) is 10.8. The second-order valence-corrected chi connectivity index (χ2v) is 13.8. The van der Waals surface area contributed by atoms with Crippen molar-refractivity contribution in [2.24, 2.45) is 52.3 Å². The zero-order chi connectivity index (χ0) is 23.0. The lowest BCUT2D eigenvalue weighted by atomic mass is 9.44. The van der Waals surface area contributed by atoms with Crippen molar-refractivity contribution in [2.75, 3.05) is 13.2 Å². The van der Waals surface area contributed by atoms with Crippen molar-refractivity contribution in [1.82, 2.24) is 5.32 Å². The summed E-state index contributed by atoms with van der Waals surface area (Å²) in [6.45, 7) is 16.0. The molecule has 6 rings (SSSR count). The first kappa shape index (κ1) is 25.6. The van der Waals surface area contributed by atoms with Crippen molar-refractivity contribution < 1.29 is 9.47 Å². The predicted octanol–water partition coefficient (Wildman–Crippen LogP) is 7.00. The van der Waals surface area contributed by atoms with Gasteiger partial charge in [0.2, 0.25) is 0 Å². The topological polar surface area (TPSA) is 30.5 Å². The molecular weight excluding hydrogens is 442 g/mol. The van der Waals surface area contributed by atoms with Gasteiger partial charge in [-0.1, -0.05) is 33.8 Å². The molecule has 2 heterocycles. The molecule has 0 aromatic carbocycles. The van der Waals surface area contributed by atoms with Crippen molar-refractivity contribution in [2.45, 2.75) is 110 Å². The zero-order valence-corrected chi connectivity index (χ0v) is 23.0. The Bertz CT molecular complexity index is 765. The smallest absolute Gasteiger partial charge is 0.122 e. The van der Waals surface area contributed by atoms with E-state index in [1.54, 1.807) is 0 Å². The van der Waals surface area contributed by atoms with Crippen LogP contribution in [-0.4, -0.2) is 31.1 Å². The summed E-state index contributed by atoms with van der Waals surface area (Å²) in [5, 5.41) is 3.91. The van der Waals surface area contributed by atoms with E-state index in [0.717, 1.165) is 48.7 Å².